The minimum absolute atomic E-state index is 0.0943. The Bertz CT molecular complexity index is 868. The number of carbonyl (C=O) groups excluding carboxylic acids is 3. The first kappa shape index (κ1) is 19.6. The number of ether oxygens (including phenoxy) is 2. The average molecular weight is 381 g/mol. The highest BCUT2D eigenvalue weighted by Gasteiger charge is 2.21. The van der Waals surface area contributed by atoms with Gasteiger partial charge in [0.2, 0.25) is 5.91 Å². The molecule has 2 aromatic carbocycles. The molecule has 0 spiro atoms. The molecule has 1 amide bonds. The van der Waals surface area contributed by atoms with Gasteiger partial charge in [-0.05, 0) is 55.7 Å². The average Bonchev–Trinajstić information content (AvgIpc) is 3.11. The lowest BCUT2D eigenvalue weighted by Gasteiger charge is -2.15. The number of benzene rings is 2. The van der Waals surface area contributed by atoms with Crippen molar-refractivity contribution in [2.24, 2.45) is 0 Å². The molecule has 2 aromatic rings. The van der Waals surface area contributed by atoms with Crippen LogP contribution in [0.15, 0.2) is 42.5 Å². The largest absolute Gasteiger partial charge is 0.481 e. The number of rotatable bonds is 7. The second-order valence-corrected chi connectivity index (χ2v) is 6.79. The fraction of sp³-hybridized carbons (Fsp3) is 0.318. The van der Waals surface area contributed by atoms with Crippen molar-refractivity contribution in [3.05, 3.63) is 59.2 Å². The van der Waals surface area contributed by atoms with Crippen LogP contribution in [0.5, 0.6) is 5.75 Å². The molecule has 28 heavy (non-hydrogen) atoms. The summed E-state index contributed by atoms with van der Waals surface area (Å²) in [6.45, 7) is 3.89. The molecule has 1 aliphatic heterocycles. The number of para-hydroxylation sites is 1. The second-order valence-electron chi connectivity index (χ2n) is 6.79. The first-order valence-electron chi connectivity index (χ1n) is 9.24. The molecule has 146 valence electrons. The quantitative estimate of drug-likeness (QED) is 0.544. The van der Waals surface area contributed by atoms with Gasteiger partial charge in [-0.15, -0.1) is 0 Å². The number of hydrogen-bond donors (Lipinski definition) is 0. The number of anilines is 1. The van der Waals surface area contributed by atoms with Crippen LogP contribution in [0.2, 0.25) is 0 Å². The molecule has 0 atom stereocenters. The van der Waals surface area contributed by atoms with Crippen LogP contribution in [-0.2, 0) is 14.3 Å². The van der Waals surface area contributed by atoms with Crippen molar-refractivity contribution in [1.29, 1.82) is 0 Å². The molecule has 1 heterocycles. The zero-order valence-corrected chi connectivity index (χ0v) is 16.1. The lowest BCUT2D eigenvalue weighted by molar-refractivity contribution is -0.144. The van der Waals surface area contributed by atoms with Crippen molar-refractivity contribution < 1.29 is 23.9 Å². The number of carbonyl (C=O) groups is 3. The van der Waals surface area contributed by atoms with E-state index in [9.17, 15) is 14.4 Å². The summed E-state index contributed by atoms with van der Waals surface area (Å²) in [5.41, 5.74) is 3.07. The molecular formula is C22H23NO5. The molecule has 0 unspecified atom stereocenters. The number of Topliss-reactive ketones (excluding diaryl/α,β-unsaturated/α-hetero) is 1. The van der Waals surface area contributed by atoms with Crippen LogP contribution >= 0.6 is 0 Å². The van der Waals surface area contributed by atoms with Gasteiger partial charge in [-0.1, -0.05) is 18.2 Å². The summed E-state index contributed by atoms with van der Waals surface area (Å²) in [6.07, 6.45) is 1.40. The van der Waals surface area contributed by atoms with Crippen molar-refractivity contribution >= 4 is 23.3 Å². The van der Waals surface area contributed by atoms with Gasteiger partial charge < -0.3 is 14.4 Å². The Kier molecular flexibility index (Phi) is 6.09. The van der Waals surface area contributed by atoms with Crippen LogP contribution < -0.4 is 9.64 Å². The molecule has 0 saturated carbocycles. The highest BCUT2D eigenvalue weighted by atomic mass is 16.6. The van der Waals surface area contributed by atoms with Gasteiger partial charge in [0.25, 0.3) is 0 Å². The van der Waals surface area contributed by atoms with E-state index in [4.69, 9.17) is 9.47 Å². The van der Waals surface area contributed by atoms with Gasteiger partial charge in [0, 0.05) is 24.2 Å². The Hall–Kier alpha value is -3.15. The molecule has 6 heteroatoms. The summed E-state index contributed by atoms with van der Waals surface area (Å²) in [7, 11) is 0. The Morgan fingerprint density at radius 2 is 1.68 bits per heavy atom. The summed E-state index contributed by atoms with van der Waals surface area (Å²) in [4.78, 5) is 37.6. The number of amides is 1. The maximum Gasteiger partial charge on any atom is 0.344 e. The highest BCUT2D eigenvalue weighted by molar-refractivity contribution is 5.99. The molecule has 1 fully saturated rings. The second kappa shape index (κ2) is 8.69. The van der Waals surface area contributed by atoms with E-state index >= 15 is 0 Å². The maximum atomic E-state index is 12.2. The number of ketones is 1. The van der Waals surface area contributed by atoms with Gasteiger partial charge >= 0.3 is 5.97 Å². The first-order valence-corrected chi connectivity index (χ1v) is 9.24. The molecular weight excluding hydrogens is 358 g/mol. The zero-order valence-electron chi connectivity index (χ0n) is 16.1. The molecule has 6 nitrogen and oxygen atoms in total. The van der Waals surface area contributed by atoms with E-state index in [1.54, 1.807) is 29.2 Å². The van der Waals surface area contributed by atoms with Crippen LogP contribution in [0.3, 0.4) is 0 Å². The predicted octanol–water partition coefficient (Wildman–Crippen LogP) is 3.24. The number of hydrogen-bond acceptors (Lipinski definition) is 5. The SMILES string of the molecule is Cc1cccc(C)c1OCC(=O)OCC(=O)c1ccc(N2CCCC2=O)cc1. The summed E-state index contributed by atoms with van der Waals surface area (Å²) >= 11 is 0. The van der Waals surface area contributed by atoms with Crippen molar-refractivity contribution in [2.45, 2.75) is 26.7 Å². The van der Waals surface area contributed by atoms with E-state index in [1.807, 2.05) is 32.0 Å². The molecule has 0 bridgehead atoms. The monoisotopic (exact) mass is 381 g/mol. The Labute approximate surface area is 164 Å². The summed E-state index contributed by atoms with van der Waals surface area (Å²) in [5, 5.41) is 0. The van der Waals surface area contributed by atoms with Crippen LogP contribution in [0, 0.1) is 13.8 Å². The normalized spacial score (nSPS) is 13.5. The zero-order chi connectivity index (χ0) is 20.1. The van der Waals surface area contributed by atoms with Gasteiger partial charge in [-0.25, -0.2) is 4.79 Å². The van der Waals surface area contributed by atoms with E-state index in [0.717, 1.165) is 23.2 Å². The summed E-state index contributed by atoms with van der Waals surface area (Å²) < 4.78 is 10.6. The lowest BCUT2D eigenvalue weighted by atomic mass is 10.1. The highest BCUT2D eigenvalue weighted by Crippen LogP contribution is 2.23. The first-order chi connectivity index (χ1) is 13.5. The summed E-state index contributed by atoms with van der Waals surface area (Å²) in [6, 6.07) is 12.5. The van der Waals surface area contributed by atoms with E-state index in [1.165, 1.54) is 0 Å². The lowest BCUT2D eigenvalue weighted by Crippen LogP contribution is -2.23. The summed E-state index contributed by atoms with van der Waals surface area (Å²) in [5.74, 6) is -0.162. The Morgan fingerprint density at radius 1 is 1.00 bits per heavy atom. The predicted molar refractivity (Wildman–Crippen MR) is 105 cm³/mol. The third kappa shape index (κ3) is 4.57. The van der Waals surface area contributed by atoms with Crippen molar-refractivity contribution in [2.75, 3.05) is 24.7 Å². The van der Waals surface area contributed by atoms with Crippen molar-refractivity contribution in [3.8, 4) is 5.75 Å². The standard InChI is InChI=1S/C22H23NO5/c1-15-5-3-6-16(2)22(15)28-14-21(26)27-13-19(24)17-8-10-18(11-9-17)23-12-4-7-20(23)25/h3,5-6,8-11H,4,7,12-14H2,1-2H3. The van der Waals surface area contributed by atoms with E-state index in [-0.39, 0.29) is 24.9 Å². The van der Waals surface area contributed by atoms with Crippen LogP contribution in [-0.4, -0.2) is 37.4 Å². The topological polar surface area (TPSA) is 72.9 Å². The molecule has 3 rings (SSSR count). The smallest absolute Gasteiger partial charge is 0.344 e. The van der Waals surface area contributed by atoms with Gasteiger partial charge in [0.1, 0.15) is 5.75 Å². The maximum absolute atomic E-state index is 12.2. The molecule has 1 saturated heterocycles. The van der Waals surface area contributed by atoms with Crippen molar-refractivity contribution in [3.63, 3.8) is 0 Å². The number of nitrogens with zero attached hydrogens (tertiary/aromatic N) is 1. The van der Waals surface area contributed by atoms with Crippen LogP contribution in [0.25, 0.3) is 0 Å². The number of esters is 1. The number of aryl methyl sites for hydroxylation is 2. The van der Waals surface area contributed by atoms with Gasteiger partial charge in [-0.2, -0.15) is 0 Å². The minimum atomic E-state index is -0.602. The third-order valence-corrected chi connectivity index (χ3v) is 4.68. The molecule has 0 aliphatic carbocycles. The van der Waals surface area contributed by atoms with E-state index in [0.29, 0.717) is 24.3 Å². The molecule has 0 radical (unpaired) electrons. The fourth-order valence-corrected chi connectivity index (χ4v) is 3.18. The molecule has 0 aromatic heterocycles. The van der Waals surface area contributed by atoms with Crippen LogP contribution in [0.4, 0.5) is 5.69 Å². The minimum Gasteiger partial charge on any atom is -0.481 e. The van der Waals surface area contributed by atoms with E-state index < -0.39 is 5.97 Å². The molecule has 0 N–H and O–H groups in total. The molecule has 1 aliphatic rings. The Balaban J connectivity index is 1.49. The van der Waals surface area contributed by atoms with Crippen LogP contribution in [0.1, 0.15) is 34.3 Å². The van der Waals surface area contributed by atoms with Gasteiger partial charge in [-0.3, -0.25) is 9.59 Å². The Morgan fingerprint density at radius 3 is 2.29 bits per heavy atom. The van der Waals surface area contributed by atoms with Crippen molar-refractivity contribution in [1.82, 2.24) is 0 Å². The van der Waals surface area contributed by atoms with Gasteiger partial charge in [0.15, 0.2) is 19.0 Å². The van der Waals surface area contributed by atoms with Gasteiger partial charge in [0.05, 0.1) is 0 Å². The fourth-order valence-electron chi connectivity index (χ4n) is 3.18. The third-order valence-electron chi connectivity index (χ3n) is 4.68. The van der Waals surface area contributed by atoms with E-state index in [2.05, 4.69) is 0 Å².